The molecule has 0 bridgehead atoms. The van der Waals surface area contributed by atoms with Crippen molar-refractivity contribution < 1.29 is 0 Å². The van der Waals surface area contributed by atoms with E-state index >= 15 is 0 Å². The SMILES string of the molecule is CCC1=CC=CC=C(CC)C1=C1C(CC)=CC=CC=C1CC. The van der Waals surface area contributed by atoms with Crippen molar-refractivity contribution in [3.63, 3.8) is 0 Å². The number of rotatable bonds is 4. The molecule has 0 N–H and O–H groups in total. The van der Waals surface area contributed by atoms with Gasteiger partial charge in [0.1, 0.15) is 0 Å². The Labute approximate surface area is 136 Å². The fourth-order valence-electron chi connectivity index (χ4n) is 3.25. The highest BCUT2D eigenvalue weighted by atomic mass is 14.2. The van der Waals surface area contributed by atoms with Crippen LogP contribution < -0.4 is 0 Å². The molecular weight excluding hydrogens is 264 g/mol. The Bertz CT molecular complexity index is 517. The summed E-state index contributed by atoms with van der Waals surface area (Å²) in [5, 5.41) is 0. The van der Waals surface area contributed by atoms with Crippen molar-refractivity contribution in [3.8, 4) is 0 Å². The average Bonchev–Trinajstić information content (AvgIpc) is 2.88. The molecule has 0 saturated carbocycles. The fourth-order valence-corrected chi connectivity index (χ4v) is 3.25. The molecule has 0 unspecified atom stereocenters. The Morgan fingerprint density at radius 2 is 0.682 bits per heavy atom. The molecule has 2 aliphatic carbocycles. The predicted octanol–water partition coefficient (Wildman–Crippen LogP) is 6.77. The van der Waals surface area contributed by atoms with Crippen molar-refractivity contribution >= 4 is 0 Å². The lowest BCUT2D eigenvalue weighted by molar-refractivity contribution is 0.997. The van der Waals surface area contributed by atoms with Crippen molar-refractivity contribution in [2.24, 2.45) is 0 Å². The van der Waals surface area contributed by atoms with Crippen molar-refractivity contribution in [1.29, 1.82) is 0 Å². The van der Waals surface area contributed by atoms with E-state index in [1.54, 1.807) is 0 Å². The number of hydrogen-bond acceptors (Lipinski definition) is 0. The molecule has 0 atom stereocenters. The molecule has 0 spiro atoms. The van der Waals surface area contributed by atoms with E-state index in [1.165, 1.54) is 33.4 Å². The zero-order chi connectivity index (χ0) is 15.9. The van der Waals surface area contributed by atoms with E-state index < -0.39 is 0 Å². The van der Waals surface area contributed by atoms with Crippen molar-refractivity contribution in [2.45, 2.75) is 53.4 Å². The van der Waals surface area contributed by atoms with Gasteiger partial charge in [0, 0.05) is 0 Å². The summed E-state index contributed by atoms with van der Waals surface area (Å²) in [5.41, 5.74) is 8.77. The van der Waals surface area contributed by atoms with E-state index in [0.717, 1.165) is 25.7 Å². The van der Waals surface area contributed by atoms with Crippen LogP contribution in [0.1, 0.15) is 53.4 Å². The van der Waals surface area contributed by atoms with Gasteiger partial charge < -0.3 is 0 Å². The summed E-state index contributed by atoms with van der Waals surface area (Å²) >= 11 is 0. The van der Waals surface area contributed by atoms with Crippen LogP contribution in [0.25, 0.3) is 0 Å². The largest absolute Gasteiger partial charge is 0.0620 e. The molecule has 2 rings (SSSR count). The highest BCUT2D eigenvalue weighted by Crippen LogP contribution is 2.38. The summed E-state index contributed by atoms with van der Waals surface area (Å²) in [6.07, 6.45) is 22.2. The van der Waals surface area contributed by atoms with E-state index in [1.807, 2.05) is 0 Å². The Kier molecular flexibility index (Phi) is 6.00. The molecule has 22 heavy (non-hydrogen) atoms. The summed E-state index contributed by atoms with van der Waals surface area (Å²) in [7, 11) is 0. The molecule has 0 heterocycles. The van der Waals surface area contributed by atoms with Gasteiger partial charge in [0.25, 0.3) is 0 Å². The summed E-state index contributed by atoms with van der Waals surface area (Å²) in [6, 6.07) is 0. The standard InChI is InChI=1S/C22H28/c1-5-17-13-9-10-14-18(6-2)21(17)22-19(7-3)15-11-12-16-20(22)8-4/h9-16H,5-8H2,1-4H3. The lowest BCUT2D eigenvalue weighted by Gasteiger charge is -2.22. The van der Waals surface area contributed by atoms with Gasteiger partial charge in [0.15, 0.2) is 0 Å². The average molecular weight is 292 g/mol. The first kappa shape index (κ1) is 16.5. The minimum Gasteiger partial charge on any atom is -0.0620 e. The molecule has 0 saturated heterocycles. The van der Waals surface area contributed by atoms with Crippen molar-refractivity contribution in [1.82, 2.24) is 0 Å². The molecule has 0 aromatic rings. The lowest BCUT2D eigenvalue weighted by atomic mass is 9.82. The quantitative estimate of drug-likeness (QED) is 0.536. The van der Waals surface area contributed by atoms with E-state index in [4.69, 9.17) is 0 Å². The second-order valence-corrected chi connectivity index (χ2v) is 5.70. The molecule has 116 valence electrons. The topological polar surface area (TPSA) is 0 Å². The first-order chi connectivity index (χ1) is 10.8. The molecule has 0 aromatic heterocycles. The molecular formula is C22H28. The Hall–Kier alpha value is -1.82. The summed E-state index contributed by atoms with van der Waals surface area (Å²) < 4.78 is 0. The zero-order valence-corrected chi connectivity index (χ0v) is 14.4. The Balaban J connectivity index is 2.78. The van der Waals surface area contributed by atoms with Crippen LogP contribution in [0.2, 0.25) is 0 Å². The second-order valence-electron chi connectivity index (χ2n) is 5.70. The molecule has 0 amide bonds. The van der Waals surface area contributed by atoms with E-state index in [2.05, 4.69) is 76.3 Å². The van der Waals surface area contributed by atoms with Crippen LogP contribution in [0.5, 0.6) is 0 Å². The highest BCUT2D eigenvalue weighted by Gasteiger charge is 2.20. The van der Waals surface area contributed by atoms with Crippen LogP contribution in [0, 0.1) is 0 Å². The van der Waals surface area contributed by atoms with Crippen LogP contribution >= 0.6 is 0 Å². The maximum Gasteiger partial charge on any atom is -0.0114 e. The molecule has 0 radical (unpaired) electrons. The third kappa shape index (κ3) is 3.32. The summed E-state index contributed by atoms with van der Waals surface area (Å²) in [4.78, 5) is 0. The molecule has 0 heteroatoms. The van der Waals surface area contributed by atoms with Crippen LogP contribution in [-0.4, -0.2) is 0 Å². The van der Waals surface area contributed by atoms with Gasteiger partial charge in [-0.2, -0.15) is 0 Å². The van der Waals surface area contributed by atoms with Gasteiger partial charge in [-0.25, -0.2) is 0 Å². The van der Waals surface area contributed by atoms with Crippen LogP contribution in [0.4, 0.5) is 0 Å². The van der Waals surface area contributed by atoms with Gasteiger partial charge in [0.2, 0.25) is 0 Å². The Morgan fingerprint density at radius 1 is 0.455 bits per heavy atom. The van der Waals surface area contributed by atoms with Gasteiger partial charge in [-0.3, -0.25) is 0 Å². The fraction of sp³-hybridized carbons (Fsp3) is 0.364. The van der Waals surface area contributed by atoms with E-state index in [9.17, 15) is 0 Å². The first-order valence-electron chi connectivity index (χ1n) is 8.65. The third-order valence-electron chi connectivity index (χ3n) is 4.47. The highest BCUT2D eigenvalue weighted by molar-refractivity contribution is 5.65. The molecule has 0 fully saturated rings. The minimum absolute atomic E-state index is 1.07. The molecule has 0 nitrogen and oxygen atoms in total. The smallest absolute Gasteiger partial charge is 0.0114 e. The summed E-state index contributed by atoms with van der Waals surface area (Å²) in [5.74, 6) is 0. The van der Waals surface area contributed by atoms with Crippen LogP contribution in [0.3, 0.4) is 0 Å². The van der Waals surface area contributed by atoms with Crippen molar-refractivity contribution in [2.75, 3.05) is 0 Å². The predicted molar refractivity (Wildman–Crippen MR) is 98.8 cm³/mol. The molecule has 0 aromatic carbocycles. The number of allylic oxidation sites excluding steroid dienone is 14. The Morgan fingerprint density at radius 3 is 0.864 bits per heavy atom. The minimum atomic E-state index is 1.07. The third-order valence-corrected chi connectivity index (χ3v) is 4.47. The first-order valence-corrected chi connectivity index (χ1v) is 8.65. The van der Waals surface area contributed by atoms with Crippen LogP contribution in [0.15, 0.2) is 82.0 Å². The molecule has 0 aliphatic heterocycles. The zero-order valence-electron chi connectivity index (χ0n) is 14.4. The van der Waals surface area contributed by atoms with E-state index in [-0.39, 0.29) is 0 Å². The maximum absolute atomic E-state index is 2.29. The lowest BCUT2D eigenvalue weighted by Crippen LogP contribution is -2.04. The summed E-state index contributed by atoms with van der Waals surface area (Å²) in [6.45, 7) is 9.05. The van der Waals surface area contributed by atoms with Crippen molar-refractivity contribution in [3.05, 3.63) is 82.0 Å². The van der Waals surface area contributed by atoms with Crippen LogP contribution in [-0.2, 0) is 0 Å². The van der Waals surface area contributed by atoms with Gasteiger partial charge in [-0.1, -0.05) is 76.3 Å². The van der Waals surface area contributed by atoms with E-state index in [0.29, 0.717) is 0 Å². The van der Waals surface area contributed by atoms with Gasteiger partial charge >= 0.3 is 0 Å². The van der Waals surface area contributed by atoms with Gasteiger partial charge in [-0.05, 0) is 59.1 Å². The maximum atomic E-state index is 2.29. The normalized spacial score (nSPS) is 18.4. The second kappa shape index (κ2) is 7.98. The van der Waals surface area contributed by atoms with Gasteiger partial charge in [-0.15, -0.1) is 0 Å². The monoisotopic (exact) mass is 292 g/mol. The molecule has 2 aliphatic rings. The van der Waals surface area contributed by atoms with Gasteiger partial charge in [0.05, 0.1) is 0 Å². The number of hydrogen-bond donors (Lipinski definition) is 0.